The number of carbonyl (C=O) groups is 1. The van der Waals surface area contributed by atoms with Gasteiger partial charge in [-0.15, -0.1) is 0 Å². The van der Waals surface area contributed by atoms with Crippen molar-refractivity contribution in [2.45, 2.75) is 31.3 Å². The van der Waals surface area contributed by atoms with Crippen LogP contribution in [0.4, 0.5) is 13.2 Å². The number of rotatable bonds is 2. The SMILES string of the molecule is Cn1nc2c(c1-c1cc(F)c(F)c(F)c1)CC1CC[C@@H]2N1C(=O)c1cnn2cccnc12. The van der Waals surface area contributed by atoms with Gasteiger partial charge >= 0.3 is 0 Å². The van der Waals surface area contributed by atoms with E-state index in [1.54, 1.807) is 34.7 Å². The molecule has 0 radical (unpaired) electrons. The highest BCUT2D eigenvalue weighted by atomic mass is 19.2. The third kappa shape index (κ3) is 2.55. The first-order valence-electron chi connectivity index (χ1n) is 10.3. The summed E-state index contributed by atoms with van der Waals surface area (Å²) in [6.45, 7) is 0. The number of benzene rings is 1. The van der Waals surface area contributed by atoms with Gasteiger partial charge < -0.3 is 4.90 Å². The second-order valence-electron chi connectivity index (χ2n) is 8.20. The molecule has 2 atom stereocenters. The van der Waals surface area contributed by atoms with E-state index in [4.69, 9.17) is 0 Å². The van der Waals surface area contributed by atoms with Crippen LogP contribution in [0.15, 0.2) is 36.8 Å². The van der Waals surface area contributed by atoms with E-state index in [1.165, 1.54) is 6.20 Å². The zero-order chi connectivity index (χ0) is 22.1. The quantitative estimate of drug-likeness (QED) is 0.450. The van der Waals surface area contributed by atoms with Crippen molar-refractivity contribution < 1.29 is 18.0 Å². The first-order valence-corrected chi connectivity index (χ1v) is 10.3. The Bertz CT molecular complexity index is 1390. The molecule has 1 unspecified atom stereocenters. The topological polar surface area (TPSA) is 68.3 Å². The molecular weight excluding hydrogens is 421 g/mol. The Kier molecular flexibility index (Phi) is 3.96. The number of aromatic nitrogens is 5. The Morgan fingerprint density at radius 3 is 2.72 bits per heavy atom. The average Bonchev–Trinajstić information content (AvgIpc) is 3.44. The Balaban J connectivity index is 1.43. The Hall–Kier alpha value is -3.69. The minimum Gasteiger partial charge on any atom is -0.326 e. The molecule has 0 N–H and O–H groups in total. The van der Waals surface area contributed by atoms with E-state index < -0.39 is 17.5 Å². The molecule has 1 fully saturated rings. The molecule has 6 rings (SSSR count). The summed E-state index contributed by atoms with van der Waals surface area (Å²) in [6, 6.07) is 3.36. The minimum atomic E-state index is -1.50. The number of hydrogen-bond donors (Lipinski definition) is 0. The lowest BCUT2D eigenvalue weighted by Gasteiger charge is -2.34. The van der Waals surface area contributed by atoms with Crippen molar-refractivity contribution >= 4 is 11.6 Å². The molecule has 0 aliphatic carbocycles. The molecule has 10 heteroatoms. The van der Waals surface area contributed by atoms with Crippen LogP contribution in [-0.4, -0.2) is 41.2 Å². The van der Waals surface area contributed by atoms with Crippen LogP contribution in [0.2, 0.25) is 0 Å². The fourth-order valence-electron chi connectivity index (χ4n) is 5.12. The van der Waals surface area contributed by atoms with Crippen molar-refractivity contribution in [1.29, 1.82) is 0 Å². The Labute approximate surface area is 180 Å². The minimum absolute atomic E-state index is 0.0863. The summed E-state index contributed by atoms with van der Waals surface area (Å²) in [5.74, 6) is -4.15. The van der Waals surface area contributed by atoms with E-state index in [0.717, 1.165) is 30.5 Å². The van der Waals surface area contributed by atoms with Crippen LogP contribution in [0.1, 0.15) is 40.5 Å². The molecule has 5 heterocycles. The molecule has 1 saturated heterocycles. The maximum absolute atomic E-state index is 13.9. The van der Waals surface area contributed by atoms with E-state index in [2.05, 4.69) is 15.2 Å². The van der Waals surface area contributed by atoms with Crippen LogP contribution >= 0.6 is 0 Å². The van der Waals surface area contributed by atoms with Crippen LogP contribution < -0.4 is 0 Å². The van der Waals surface area contributed by atoms with E-state index in [-0.39, 0.29) is 23.6 Å². The highest BCUT2D eigenvalue weighted by Crippen LogP contribution is 2.46. The normalized spacial score (nSPS) is 19.6. The van der Waals surface area contributed by atoms with Gasteiger partial charge in [-0.3, -0.25) is 9.48 Å². The third-order valence-electron chi connectivity index (χ3n) is 6.44. The van der Waals surface area contributed by atoms with E-state index in [1.807, 2.05) is 4.90 Å². The average molecular weight is 438 g/mol. The van der Waals surface area contributed by atoms with Gasteiger partial charge in [-0.25, -0.2) is 22.7 Å². The predicted molar refractivity (Wildman–Crippen MR) is 107 cm³/mol. The molecule has 2 bridgehead atoms. The van der Waals surface area contributed by atoms with Gasteiger partial charge in [0, 0.05) is 36.6 Å². The molecule has 32 heavy (non-hydrogen) atoms. The maximum atomic E-state index is 13.9. The zero-order valence-electron chi connectivity index (χ0n) is 17.0. The van der Waals surface area contributed by atoms with E-state index >= 15 is 0 Å². The number of aryl methyl sites for hydroxylation is 1. The van der Waals surface area contributed by atoms with Gasteiger partial charge in [0.2, 0.25) is 0 Å². The fraction of sp³-hybridized carbons (Fsp3) is 0.273. The molecule has 2 aliphatic heterocycles. The van der Waals surface area contributed by atoms with Crippen molar-refractivity contribution in [1.82, 2.24) is 29.3 Å². The monoisotopic (exact) mass is 438 g/mol. The number of amides is 1. The summed E-state index contributed by atoms with van der Waals surface area (Å²) < 4.78 is 44.4. The van der Waals surface area contributed by atoms with Gasteiger partial charge in [-0.05, 0) is 37.5 Å². The summed E-state index contributed by atoms with van der Waals surface area (Å²) in [6.07, 6.45) is 6.88. The van der Waals surface area contributed by atoms with Crippen molar-refractivity contribution in [3.63, 3.8) is 0 Å². The van der Waals surface area contributed by atoms with Crippen molar-refractivity contribution in [2.75, 3.05) is 0 Å². The number of hydrogen-bond acceptors (Lipinski definition) is 4. The van der Waals surface area contributed by atoms with Gasteiger partial charge in [-0.1, -0.05) is 0 Å². The first kappa shape index (κ1) is 19.0. The number of carbonyl (C=O) groups excluding carboxylic acids is 1. The standard InChI is InChI=1S/C22H17F3N6O/c1-29-20(11-7-15(23)18(25)16(24)8-11)13-9-12-3-4-17(19(13)28-29)31(12)22(32)14-10-27-30-6-2-5-26-21(14)30/h2,5-8,10,12,17H,3-4,9H2,1H3/t12?,17-/m0/s1. The molecule has 7 nitrogen and oxygen atoms in total. The predicted octanol–water partition coefficient (Wildman–Crippen LogP) is 3.45. The van der Waals surface area contributed by atoms with Gasteiger partial charge in [0.15, 0.2) is 23.1 Å². The molecule has 0 spiro atoms. The smallest absolute Gasteiger partial charge is 0.260 e. The summed E-state index contributed by atoms with van der Waals surface area (Å²) in [5, 5.41) is 8.83. The lowest BCUT2D eigenvalue weighted by Crippen LogP contribution is -2.41. The second kappa shape index (κ2) is 6.65. The van der Waals surface area contributed by atoms with E-state index in [9.17, 15) is 18.0 Å². The van der Waals surface area contributed by atoms with E-state index in [0.29, 0.717) is 29.0 Å². The van der Waals surface area contributed by atoms with Crippen molar-refractivity contribution in [2.24, 2.45) is 7.05 Å². The van der Waals surface area contributed by atoms with Gasteiger partial charge in [0.05, 0.1) is 23.6 Å². The summed E-state index contributed by atoms with van der Waals surface area (Å²) >= 11 is 0. The Morgan fingerprint density at radius 1 is 1.16 bits per heavy atom. The first-order chi connectivity index (χ1) is 15.4. The van der Waals surface area contributed by atoms with Gasteiger partial charge in [-0.2, -0.15) is 10.2 Å². The number of nitrogens with zero attached hydrogens (tertiary/aromatic N) is 6. The Morgan fingerprint density at radius 2 is 1.94 bits per heavy atom. The highest BCUT2D eigenvalue weighted by Gasteiger charge is 2.46. The van der Waals surface area contributed by atoms with Crippen LogP contribution in [0.3, 0.4) is 0 Å². The number of halogens is 3. The van der Waals surface area contributed by atoms with Crippen LogP contribution in [0, 0.1) is 17.5 Å². The molecule has 162 valence electrons. The maximum Gasteiger partial charge on any atom is 0.260 e. The molecule has 1 amide bonds. The molecular formula is C22H17F3N6O. The van der Waals surface area contributed by atoms with Gasteiger partial charge in [0.1, 0.15) is 5.56 Å². The fourth-order valence-corrected chi connectivity index (χ4v) is 5.12. The van der Waals surface area contributed by atoms with Gasteiger partial charge in [0.25, 0.3) is 5.91 Å². The second-order valence-corrected chi connectivity index (χ2v) is 8.20. The zero-order valence-corrected chi connectivity index (χ0v) is 17.0. The highest BCUT2D eigenvalue weighted by molar-refractivity contribution is 6.00. The largest absolute Gasteiger partial charge is 0.326 e. The van der Waals surface area contributed by atoms with Crippen LogP contribution in [0.25, 0.3) is 16.9 Å². The summed E-state index contributed by atoms with van der Waals surface area (Å²) in [4.78, 5) is 19.6. The molecule has 1 aromatic carbocycles. The van der Waals surface area contributed by atoms with Crippen molar-refractivity contribution in [3.8, 4) is 11.3 Å². The van der Waals surface area contributed by atoms with Crippen molar-refractivity contribution in [3.05, 3.63) is 71.1 Å². The molecule has 0 saturated carbocycles. The number of fused-ring (bicyclic) bond motifs is 5. The third-order valence-corrected chi connectivity index (χ3v) is 6.44. The van der Waals surface area contributed by atoms with Crippen LogP contribution in [-0.2, 0) is 13.5 Å². The molecule has 2 aliphatic rings. The van der Waals surface area contributed by atoms with Crippen LogP contribution in [0.5, 0.6) is 0 Å². The molecule has 3 aromatic heterocycles. The molecule has 4 aromatic rings. The summed E-state index contributed by atoms with van der Waals surface area (Å²) in [7, 11) is 1.68. The summed E-state index contributed by atoms with van der Waals surface area (Å²) in [5.41, 5.74) is 3.22. The lowest BCUT2D eigenvalue weighted by atomic mass is 9.94. The lowest BCUT2D eigenvalue weighted by molar-refractivity contribution is 0.0644.